The molecule has 1 N–H and O–H groups in total. The van der Waals surface area contributed by atoms with Gasteiger partial charge in [0.25, 0.3) is 0 Å². The Labute approximate surface area is 230 Å². The van der Waals surface area contributed by atoms with Crippen LogP contribution in [0.15, 0.2) is 40.3 Å². The highest BCUT2D eigenvalue weighted by Gasteiger charge is 2.53. The number of aliphatic carboxylic acids is 1. The molecule has 3 saturated heterocycles. The van der Waals surface area contributed by atoms with Gasteiger partial charge in [0.15, 0.2) is 6.10 Å². The molecule has 7 nitrogen and oxygen atoms in total. The van der Waals surface area contributed by atoms with Crippen LogP contribution in [0.4, 0.5) is 13.2 Å². The standard InChI is InChI=1S/C26H36NO4S.C2HF3O2/c28-25(26(29,24-11-5-17-30-24)21-7-2-1-3-8-21)31-23-19-27(15-12-20(23)13-16-27)14-4-9-22-10-6-18-32-22;3-2(4,5)1(6)7/h5-6,10-11,17-18,20-21,23,29H,1-4,7-9,12-16,19H2;(H,6,7)/q+1;/p-1/t20?,23-,26+,27?;/m0./s1. The Balaban J connectivity index is 0.000000448. The van der Waals surface area contributed by atoms with Crippen LogP contribution in [0, 0.1) is 11.8 Å². The minimum absolute atomic E-state index is 0.100. The largest absolute Gasteiger partial charge is 0.542 e. The molecule has 2 atom stereocenters. The number of alkyl halides is 3. The number of piperidine rings is 3. The third-order valence-corrected chi connectivity index (χ3v) is 9.51. The molecule has 0 aromatic carbocycles. The summed E-state index contributed by atoms with van der Waals surface area (Å²) in [6.07, 6.45) is 5.68. The third kappa shape index (κ3) is 7.05. The number of aliphatic hydroxyl groups is 1. The topological polar surface area (TPSA) is 99.8 Å². The average molecular weight is 572 g/mol. The molecule has 0 spiro atoms. The lowest BCUT2D eigenvalue weighted by molar-refractivity contribution is -0.946. The molecule has 0 unspecified atom stereocenters. The molecule has 11 heteroatoms. The smallest absolute Gasteiger partial charge is 0.430 e. The number of quaternary nitrogens is 1. The summed E-state index contributed by atoms with van der Waals surface area (Å²) in [6, 6.07) is 7.82. The van der Waals surface area contributed by atoms with Gasteiger partial charge in [-0.3, -0.25) is 0 Å². The van der Waals surface area contributed by atoms with Crippen LogP contribution < -0.4 is 5.11 Å². The van der Waals surface area contributed by atoms with Crippen molar-refractivity contribution in [2.45, 2.75) is 75.7 Å². The number of ether oxygens (including phenoxy) is 1. The first kappa shape index (κ1) is 29.6. The fourth-order valence-corrected chi connectivity index (χ4v) is 7.18. The minimum Gasteiger partial charge on any atom is -0.542 e. The second-order valence-electron chi connectivity index (χ2n) is 11.0. The van der Waals surface area contributed by atoms with E-state index in [1.54, 1.807) is 18.4 Å². The number of carboxylic acid groups (broad SMARTS) is 1. The molecular weight excluding hydrogens is 535 g/mol. The molecule has 1 saturated carbocycles. The van der Waals surface area contributed by atoms with Crippen LogP contribution >= 0.6 is 11.3 Å². The second-order valence-corrected chi connectivity index (χ2v) is 12.1. The van der Waals surface area contributed by atoms with E-state index in [1.165, 1.54) is 24.4 Å². The number of carbonyl (C=O) groups is 2. The molecule has 3 aliphatic heterocycles. The molecule has 6 rings (SSSR count). The first-order chi connectivity index (χ1) is 18.5. The highest BCUT2D eigenvalue weighted by atomic mass is 32.1. The van der Waals surface area contributed by atoms with Gasteiger partial charge in [-0.05, 0) is 42.8 Å². The molecule has 2 bridgehead atoms. The summed E-state index contributed by atoms with van der Waals surface area (Å²) in [7, 11) is 0. The van der Waals surface area contributed by atoms with Gasteiger partial charge in [-0.2, -0.15) is 13.2 Å². The van der Waals surface area contributed by atoms with E-state index < -0.39 is 23.7 Å². The summed E-state index contributed by atoms with van der Waals surface area (Å²) in [5.41, 5.74) is -1.67. The van der Waals surface area contributed by atoms with Gasteiger partial charge in [0.05, 0.1) is 25.9 Å². The zero-order chi connectivity index (χ0) is 28.1. The van der Waals surface area contributed by atoms with Gasteiger partial charge in [-0.1, -0.05) is 25.3 Å². The lowest BCUT2D eigenvalue weighted by atomic mass is 9.75. The predicted molar refractivity (Wildman–Crippen MR) is 135 cm³/mol. The van der Waals surface area contributed by atoms with Crippen LogP contribution in [-0.4, -0.2) is 60.0 Å². The quantitative estimate of drug-likeness (QED) is 0.377. The fourth-order valence-electron chi connectivity index (χ4n) is 6.42. The summed E-state index contributed by atoms with van der Waals surface area (Å²) in [5.74, 6) is -2.87. The summed E-state index contributed by atoms with van der Waals surface area (Å²) in [5, 5.41) is 22.6. The zero-order valence-electron chi connectivity index (χ0n) is 21.9. The van der Waals surface area contributed by atoms with Crippen molar-refractivity contribution in [1.82, 2.24) is 0 Å². The van der Waals surface area contributed by atoms with Crippen molar-refractivity contribution in [3.63, 3.8) is 0 Å². The van der Waals surface area contributed by atoms with E-state index >= 15 is 0 Å². The Kier molecular flexibility index (Phi) is 9.44. The van der Waals surface area contributed by atoms with Crippen LogP contribution in [-0.2, 0) is 26.3 Å². The lowest BCUT2D eigenvalue weighted by Gasteiger charge is -2.52. The van der Waals surface area contributed by atoms with Gasteiger partial charge in [0.2, 0.25) is 5.60 Å². The van der Waals surface area contributed by atoms with Gasteiger partial charge >= 0.3 is 12.1 Å². The molecule has 4 aliphatic rings. The van der Waals surface area contributed by atoms with Crippen LogP contribution in [0.5, 0.6) is 0 Å². The molecule has 4 fully saturated rings. The number of aryl methyl sites for hydroxylation is 1. The highest BCUT2D eigenvalue weighted by Crippen LogP contribution is 2.42. The second kappa shape index (κ2) is 12.4. The molecule has 2 aromatic rings. The number of hydrogen-bond acceptors (Lipinski definition) is 7. The highest BCUT2D eigenvalue weighted by molar-refractivity contribution is 7.09. The maximum atomic E-state index is 13.5. The molecular formula is C28H36F3NO6S. The number of hydrogen-bond donors (Lipinski definition) is 1. The van der Waals surface area contributed by atoms with Crippen molar-refractivity contribution in [3.8, 4) is 0 Å². The first-order valence-corrected chi connectivity index (χ1v) is 14.5. The van der Waals surface area contributed by atoms with E-state index in [0.29, 0.717) is 11.7 Å². The Hall–Kier alpha value is -2.37. The Morgan fingerprint density at radius 1 is 1.10 bits per heavy atom. The molecule has 1 aliphatic carbocycles. The van der Waals surface area contributed by atoms with E-state index in [4.69, 9.17) is 19.1 Å². The third-order valence-electron chi connectivity index (χ3n) is 8.57. The van der Waals surface area contributed by atoms with E-state index in [-0.39, 0.29) is 12.0 Å². The molecule has 2 aromatic heterocycles. The number of esters is 1. The SMILES string of the molecule is O=C(O[C@H]1C[N+]2(CCCc3cccs3)CCC1CC2)[C@](O)(c1ccco1)C1CCCCC1.O=C([O-])C(F)(F)F. The van der Waals surface area contributed by atoms with Crippen molar-refractivity contribution in [3.05, 3.63) is 46.5 Å². The number of fused-ring (bicyclic) bond motifs is 3. The van der Waals surface area contributed by atoms with E-state index in [1.807, 2.05) is 11.3 Å². The first-order valence-electron chi connectivity index (χ1n) is 13.7. The molecule has 0 radical (unpaired) electrons. The Bertz CT molecular complexity index is 1060. The fraction of sp³-hybridized carbons (Fsp3) is 0.643. The number of carboxylic acids is 1. The average Bonchev–Trinajstić information content (AvgIpc) is 3.64. The van der Waals surface area contributed by atoms with E-state index in [2.05, 4.69) is 17.5 Å². The van der Waals surface area contributed by atoms with Crippen LogP contribution in [0.2, 0.25) is 0 Å². The number of furan rings is 1. The van der Waals surface area contributed by atoms with Crippen LogP contribution in [0.3, 0.4) is 0 Å². The monoisotopic (exact) mass is 571 g/mol. The molecule has 0 amide bonds. The van der Waals surface area contributed by atoms with Gasteiger partial charge in [0.1, 0.15) is 18.3 Å². The molecule has 216 valence electrons. The van der Waals surface area contributed by atoms with Crippen molar-refractivity contribution < 1.29 is 46.6 Å². The number of rotatable bonds is 8. The number of nitrogens with zero attached hydrogens (tertiary/aromatic N) is 1. The predicted octanol–water partition coefficient (Wildman–Crippen LogP) is 4.19. The summed E-state index contributed by atoms with van der Waals surface area (Å²) in [4.78, 5) is 23.8. The minimum atomic E-state index is -5.19. The number of halogens is 3. The molecule has 39 heavy (non-hydrogen) atoms. The van der Waals surface area contributed by atoms with Crippen LogP contribution in [0.1, 0.15) is 62.0 Å². The van der Waals surface area contributed by atoms with E-state index in [0.717, 1.165) is 68.9 Å². The van der Waals surface area contributed by atoms with Gasteiger partial charge in [-0.25, -0.2) is 4.79 Å². The number of thiophene rings is 1. The van der Waals surface area contributed by atoms with Gasteiger partial charge < -0.3 is 28.6 Å². The van der Waals surface area contributed by atoms with Crippen molar-refractivity contribution in [1.29, 1.82) is 0 Å². The summed E-state index contributed by atoms with van der Waals surface area (Å²) in [6.45, 7) is 4.41. The van der Waals surface area contributed by atoms with Gasteiger partial charge in [-0.15, -0.1) is 11.3 Å². The number of carbonyl (C=O) groups excluding carboxylic acids is 2. The molecule has 5 heterocycles. The maximum Gasteiger partial charge on any atom is 0.430 e. The summed E-state index contributed by atoms with van der Waals surface area (Å²) < 4.78 is 44.4. The van der Waals surface area contributed by atoms with E-state index in [9.17, 15) is 23.1 Å². The Morgan fingerprint density at radius 2 is 1.79 bits per heavy atom. The van der Waals surface area contributed by atoms with Crippen molar-refractivity contribution in [2.24, 2.45) is 11.8 Å². The lowest BCUT2D eigenvalue weighted by Crippen LogP contribution is -2.65. The summed E-state index contributed by atoms with van der Waals surface area (Å²) >= 11 is 1.84. The van der Waals surface area contributed by atoms with Crippen molar-refractivity contribution in [2.75, 3.05) is 26.2 Å². The van der Waals surface area contributed by atoms with Crippen molar-refractivity contribution >= 4 is 23.3 Å². The van der Waals surface area contributed by atoms with Gasteiger partial charge in [0, 0.05) is 36.0 Å². The normalized spacial score (nSPS) is 26.8. The maximum absolute atomic E-state index is 13.5. The zero-order valence-corrected chi connectivity index (χ0v) is 22.7. The Morgan fingerprint density at radius 3 is 2.36 bits per heavy atom. The van der Waals surface area contributed by atoms with Crippen LogP contribution in [0.25, 0.3) is 0 Å².